The van der Waals surface area contributed by atoms with Crippen LogP contribution in [-0.4, -0.2) is 28.8 Å². The number of ether oxygens (including phenoxy) is 1. The fourth-order valence-electron chi connectivity index (χ4n) is 2.71. The number of nitro benzene ring substituents is 2. The van der Waals surface area contributed by atoms with Crippen molar-refractivity contribution in [1.82, 2.24) is 0 Å². The molecule has 3 aromatic rings. The Morgan fingerprint density at radius 2 is 1.61 bits per heavy atom. The van der Waals surface area contributed by atoms with Gasteiger partial charge < -0.3 is 10.1 Å². The van der Waals surface area contributed by atoms with Crippen LogP contribution in [0.5, 0.6) is 0 Å². The molecule has 3 rings (SSSR count). The number of anilines is 1. The quantitative estimate of drug-likeness (QED) is 0.336. The summed E-state index contributed by atoms with van der Waals surface area (Å²) in [6.07, 6.45) is 0. The molecule has 0 spiro atoms. The van der Waals surface area contributed by atoms with Crippen LogP contribution in [-0.2, 0) is 4.74 Å². The number of hydrogen-bond donors (Lipinski definition) is 1. The number of nitrogens with one attached hydrogen (secondary N) is 1. The summed E-state index contributed by atoms with van der Waals surface area (Å²) >= 11 is 0.969. The maximum Gasteiger partial charge on any atom is 0.341 e. The van der Waals surface area contributed by atoms with Crippen molar-refractivity contribution >= 4 is 39.6 Å². The first-order chi connectivity index (χ1) is 14.7. The SMILES string of the molecule is COC(=O)c1c(-c2ccc(F)cc2)csc1NC(=O)c1cc([N+](=O)[O-])cc([N+](=O)[O-])c1. The van der Waals surface area contributed by atoms with Gasteiger partial charge in [-0.05, 0) is 17.7 Å². The Balaban J connectivity index is 2.02. The van der Waals surface area contributed by atoms with Gasteiger partial charge in [0.1, 0.15) is 16.4 Å². The second kappa shape index (κ2) is 8.67. The largest absolute Gasteiger partial charge is 0.465 e. The summed E-state index contributed by atoms with van der Waals surface area (Å²) in [5.41, 5.74) is -0.751. The normalized spacial score (nSPS) is 10.4. The summed E-state index contributed by atoms with van der Waals surface area (Å²) in [4.78, 5) is 45.4. The fourth-order valence-corrected chi connectivity index (χ4v) is 3.66. The smallest absolute Gasteiger partial charge is 0.341 e. The Labute approximate surface area is 177 Å². The van der Waals surface area contributed by atoms with E-state index in [-0.39, 0.29) is 16.1 Å². The summed E-state index contributed by atoms with van der Waals surface area (Å²) in [6.45, 7) is 0. The van der Waals surface area contributed by atoms with Crippen molar-refractivity contribution in [2.45, 2.75) is 0 Å². The molecule has 0 aliphatic heterocycles. The van der Waals surface area contributed by atoms with Crippen LogP contribution in [0.1, 0.15) is 20.7 Å². The summed E-state index contributed by atoms with van der Waals surface area (Å²) in [5, 5.41) is 26.1. The average molecular weight is 445 g/mol. The molecule has 0 unspecified atom stereocenters. The van der Waals surface area contributed by atoms with Crippen LogP contribution in [0.25, 0.3) is 11.1 Å². The molecule has 0 radical (unpaired) electrons. The van der Waals surface area contributed by atoms with Crippen molar-refractivity contribution in [1.29, 1.82) is 0 Å². The molecule has 1 aromatic heterocycles. The first-order valence-electron chi connectivity index (χ1n) is 8.42. The summed E-state index contributed by atoms with van der Waals surface area (Å²) in [6, 6.07) is 7.79. The van der Waals surface area contributed by atoms with E-state index in [9.17, 15) is 34.2 Å². The lowest BCUT2D eigenvalue weighted by atomic mass is 10.0. The fraction of sp³-hybridized carbons (Fsp3) is 0.0526. The van der Waals surface area contributed by atoms with Gasteiger partial charge in [0.05, 0.1) is 28.6 Å². The summed E-state index contributed by atoms with van der Waals surface area (Å²) in [5.74, 6) is -2.15. The molecular formula is C19H12FN3O7S. The summed E-state index contributed by atoms with van der Waals surface area (Å²) in [7, 11) is 1.14. The minimum atomic E-state index is -0.899. The Morgan fingerprint density at radius 3 is 2.13 bits per heavy atom. The lowest BCUT2D eigenvalue weighted by molar-refractivity contribution is -0.394. The molecule has 0 bridgehead atoms. The number of hydrogen-bond acceptors (Lipinski definition) is 8. The number of nitrogens with zero attached hydrogens (tertiary/aromatic N) is 2. The third-order valence-electron chi connectivity index (χ3n) is 4.15. The summed E-state index contributed by atoms with van der Waals surface area (Å²) < 4.78 is 18.0. The van der Waals surface area contributed by atoms with Crippen LogP contribution >= 0.6 is 11.3 Å². The number of carbonyl (C=O) groups is 2. The number of carbonyl (C=O) groups excluding carboxylic acids is 2. The van der Waals surface area contributed by atoms with Gasteiger partial charge in [-0.25, -0.2) is 9.18 Å². The Kier molecular flexibility index (Phi) is 6.02. The average Bonchev–Trinajstić information content (AvgIpc) is 3.16. The van der Waals surface area contributed by atoms with Crippen LogP contribution < -0.4 is 5.32 Å². The number of esters is 1. The molecule has 0 aliphatic carbocycles. The molecule has 158 valence electrons. The Hall–Kier alpha value is -4.19. The van der Waals surface area contributed by atoms with Crippen molar-refractivity contribution in [2.24, 2.45) is 0 Å². The minimum absolute atomic E-state index is 0.00705. The minimum Gasteiger partial charge on any atom is -0.465 e. The lowest BCUT2D eigenvalue weighted by Gasteiger charge is -2.08. The molecule has 12 heteroatoms. The predicted molar refractivity (Wildman–Crippen MR) is 109 cm³/mol. The third-order valence-corrected chi connectivity index (χ3v) is 5.04. The van der Waals surface area contributed by atoms with Crippen LogP contribution in [0, 0.1) is 26.0 Å². The van der Waals surface area contributed by atoms with Gasteiger partial charge in [0, 0.05) is 23.1 Å². The van der Waals surface area contributed by atoms with E-state index in [2.05, 4.69) is 5.32 Å². The van der Waals surface area contributed by atoms with Gasteiger partial charge in [-0.1, -0.05) is 12.1 Å². The van der Waals surface area contributed by atoms with E-state index in [0.29, 0.717) is 11.1 Å². The van der Waals surface area contributed by atoms with E-state index in [1.807, 2.05) is 0 Å². The van der Waals surface area contributed by atoms with Gasteiger partial charge in [-0.3, -0.25) is 25.0 Å². The van der Waals surface area contributed by atoms with Crippen LogP contribution in [0.15, 0.2) is 47.8 Å². The van der Waals surface area contributed by atoms with Crippen LogP contribution in [0.4, 0.5) is 20.8 Å². The highest BCUT2D eigenvalue weighted by atomic mass is 32.1. The maximum atomic E-state index is 13.2. The molecule has 1 heterocycles. The molecular weight excluding hydrogens is 433 g/mol. The van der Waals surface area contributed by atoms with E-state index in [0.717, 1.165) is 36.6 Å². The second-order valence-corrected chi connectivity index (χ2v) is 6.94. The third kappa shape index (κ3) is 4.53. The Morgan fingerprint density at radius 1 is 1.03 bits per heavy atom. The highest BCUT2D eigenvalue weighted by molar-refractivity contribution is 7.15. The van der Waals surface area contributed by atoms with Gasteiger partial charge in [0.2, 0.25) is 0 Å². The number of benzene rings is 2. The van der Waals surface area contributed by atoms with E-state index in [1.165, 1.54) is 24.3 Å². The first kappa shape index (κ1) is 21.5. The molecule has 31 heavy (non-hydrogen) atoms. The number of non-ortho nitro benzene ring substituents is 2. The molecule has 2 aromatic carbocycles. The van der Waals surface area contributed by atoms with E-state index < -0.39 is 38.9 Å². The van der Waals surface area contributed by atoms with E-state index in [1.54, 1.807) is 5.38 Å². The molecule has 0 saturated carbocycles. The molecule has 1 N–H and O–H groups in total. The number of thiophene rings is 1. The van der Waals surface area contributed by atoms with Gasteiger partial charge in [0.25, 0.3) is 17.3 Å². The zero-order chi connectivity index (χ0) is 22.7. The standard InChI is InChI=1S/C19H12FN3O7S/c1-30-19(25)16-15(10-2-4-12(20)5-3-10)9-31-18(16)21-17(24)11-6-13(22(26)27)8-14(7-11)23(28)29/h2-9H,1H3,(H,21,24). The van der Waals surface area contributed by atoms with E-state index >= 15 is 0 Å². The molecule has 10 nitrogen and oxygen atoms in total. The van der Waals surface area contributed by atoms with Gasteiger partial charge >= 0.3 is 5.97 Å². The van der Waals surface area contributed by atoms with Gasteiger partial charge in [-0.15, -0.1) is 11.3 Å². The monoisotopic (exact) mass is 445 g/mol. The van der Waals surface area contributed by atoms with Gasteiger partial charge in [0.15, 0.2) is 0 Å². The molecule has 0 saturated heterocycles. The zero-order valence-corrected chi connectivity index (χ0v) is 16.5. The highest BCUT2D eigenvalue weighted by Gasteiger charge is 2.25. The number of amides is 1. The number of nitro groups is 2. The topological polar surface area (TPSA) is 142 Å². The number of methoxy groups -OCH3 is 1. The van der Waals surface area contributed by atoms with Crippen molar-refractivity contribution in [2.75, 3.05) is 12.4 Å². The second-order valence-electron chi connectivity index (χ2n) is 6.06. The van der Waals surface area contributed by atoms with Gasteiger partial charge in [-0.2, -0.15) is 0 Å². The Bertz CT molecular complexity index is 1180. The molecule has 0 atom stereocenters. The molecule has 0 aliphatic rings. The van der Waals surface area contributed by atoms with E-state index in [4.69, 9.17) is 4.74 Å². The number of rotatable bonds is 6. The van der Waals surface area contributed by atoms with Crippen LogP contribution in [0.3, 0.4) is 0 Å². The maximum absolute atomic E-state index is 13.2. The van der Waals surface area contributed by atoms with Crippen molar-refractivity contribution in [3.8, 4) is 11.1 Å². The van der Waals surface area contributed by atoms with Crippen molar-refractivity contribution < 1.29 is 28.6 Å². The lowest BCUT2D eigenvalue weighted by Crippen LogP contribution is -2.14. The zero-order valence-electron chi connectivity index (χ0n) is 15.7. The predicted octanol–water partition coefficient (Wildman–Crippen LogP) is 4.41. The highest BCUT2D eigenvalue weighted by Crippen LogP contribution is 2.36. The molecule has 1 amide bonds. The van der Waals surface area contributed by atoms with Crippen LogP contribution in [0.2, 0.25) is 0 Å². The first-order valence-corrected chi connectivity index (χ1v) is 9.30. The number of halogens is 1. The van der Waals surface area contributed by atoms with Crippen molar-refractivity contribution in [3.05, 3.63) is 85.0 Å². The van der Waals surface area contributed by atoms with Crippen molar-refractivity contribution in [3.63, 3.8) is 0 Å². The molecule has 0 fully saturated rings.